The van der Waals surface area contributed by atoms with Gasteiger partial charge in [-0.25, -0.2) is 0 Å². The smallest absolute Gasteiger partial charge is 0.260 e. The van der Waals surface area contributed by atoms with E-state index in [9.17, 15) is 4.79 Å². The highest BCUT2D eigenvalue weighted by Gasteiger charge is 2.15. The zero-order valence-electron chi connectivity index (χ0n) is 12.5. The largest absolute Gasteiger partial charge is 0.480 e. The summed E-state index contributed by atoms with van der Waals surface area (Å²) >= 11 is 3.49. The molecule has 0 aliphatic heterocycles. The standard InChI is InChI=1S/C15H23BrN2O2/c1-5-17-15(19)11(4)20-14-7-6-12(8-13(14)16)9-18-10(2)3/h6-8,10-11,18H,5,9H2,1-4H3,(H,17,19). The number of carbonyl (C=O) groups excluding carboxylic acids is 1. The van der Waals surface area contributed by atoms with Crippen LogP contribution in [0, 0.1) is 0 Å². The molecule has 0 spiro atoms. The fourth-order valence-corrected chi connectivity index (χ4v) is 2.15. The molecular weight excluding hydrogens is 320 g/mol. The first kappa shape index (κ1) is 17.0. The minimum absolute atomic E-state index is 0.107. The highest BCUT2D eigenvalue weighted by atomic mass is 79.9. The van der Waals surface area contributed by atoms with Gasteiger partial charge in [-0.1, -0.05) is 19.9 Å². The van der Waals surface area contributed by atoms with Gasteiger partial charge in [-0.15, -0.1) is 0 Å². The van der Waals surface area contributed by atoms with Crippen molar-refractivity contribution in [3.8, 4) is 5.75 Å². The van der Waals surface area contributed by atoms with Gasteiger partial charge >= 0.3 is 0 Å². The number of ether oxygens (including phenoxy) is 1. The van der Waals surface area contributed by atoms with Crippen molar-refractivity contribution in [1.82, 2.24) is 10.6 Å². The summed E-state index contributed by atoms with van der Waals surface area (Å²) in [6.45, 7) is 9.26. The Hall–Kier alpha value is -1.07. The van der Waals surface area contributed by atoms with Crippen LogP contribution in [0.2, 0.25) is 0 Å². The molecule has 1 atom stereocenters. The molecule has 0 fully saturated rings. The molecule has 0 aliphatic rings. The van der Waals surface area contributed by atoms with E-state index >= 15 is 0 Å². The quantitative estimate of drug-likeness (QED) is 0.800. The molecule has 1 rings (SSSR count). The van der Waals surface area contributed by atoms with Gasteiger partial charge in [0.05, 0.1) is 4.47 Å². The lowest BCUT2D eigenvalue weighted by molar-refractivity contribution is -0.127. The average Bonchev–Trinajstić information content (AvgIpc) is 2.39. The lowest BCUT2D eigenvalue weighted by Gasteiger charge is -2.16. The summed E-state index contributed by atoms with van der Waals surface area (Å²) in [5, 5.41) is 6.10. The van der Waals surface area contributed by atoms with Crippen LogP contribution in [-0.4, -0.2) is 24.6 Å². The van der Waals surface area contributed by atoms with Crippen LogP contribution in [0.5, 0.6) is 5.75 Å². The van der Waals surface area contributed by atoms with Gasteiger partial charge in [0.2, 0.25) is 0 Å². The number of hydrogen-bond acceptors (Lipinski definition) is 3. The molecule has 1 aromatic rings. The molecule has 20 heavy (non-hydrogen) atoms. The van der Waals surface area contributed by atoms with Gasteiger partial charge in [0.15, 0.2) is 6.10 Å². The van der Waals surface area contributed by atoms with Gasteiger partial charge in [-0.05, 0) is 47.5 Å². The minimum atomic E-state index is -0.508. The van der Waals surface area contributed by atoms with Crippen molar-refractivity contribution < 1.29 is 9.53 Å². The van der Waals surface area contributed by atoms with Gasteiger partial charge in [0, 0.05) is 19.1 Å². The Morgan fingerprint density at radius 1 is 1.35 bits per heavy atom. The van der Waals surface area contributed by atoms with E-state index in [0.29, 0.717) is 18.3 Å². The second-order valence-electron chi connectivity index (χ2n) is 4.96. The Morgan fingerprint density at radius 3 is 2.60 bits per heavy atom. The number of halogens is 1. The van der Waals surface area contributed by atoms with E-state index in [-0.39, 0.29) is 5.91 Å². The third-order valence-electron chi connectivity index (χ3n) is 2.73. The zero-order chi connectivity index (χ0) is 15.1. The summed E-state index contributed by atoms with van der Waals surface area (Å²) in [4.78, 5) is 11.6. The summed E-state index contributed by atoms with van der Waals surface area (Å²) in [5.41, 5.74) is 1.17. The first-order valence-corrected chi connectivity index (χ1v) is 7.69. The van der Waals surface area contributed by atoms with Gasteiger partial charge in [0.25, 0.3) is 5.91 Å². The summed E-state index contributed by atoms with van der Waals surface area (Å²) in [6.07, 6.45) is -0.508. The van der Waals surface area contributed by atoms with Crippen LogP contribution in [0.3, 0.4) is 0 Å². The molecule has 1 aromatic carbocycles. The topological polar surface area (TPSA) is 50.4 Å². The predicted octanol–water partition coefficient (Wildman–Crippen LogP) is 2.85. The van der Waals surface area contributed by atoms with Crippen molar-refractivity contribution in [2.45, 2.75) is 46.4 Å². The number of hydrogen-bond donors (Lipinski definition) is 2. The number of nitrogens with one attached hydrogen (secondary N) is 2. The summed E-state index contributed by atoms with van der Waals surface area (Å²) < 4.78 is 6.52. The molecule has 1 unspecified atom stereocenters. The number of benzene rings is 1. The summed E-state index contributed by atoms with van der Waals surface area (Å²) in [5.74, 6) is 0.571. The van der Waals surface area contributed by atoms with Gasteiger partial charge < -0.3 is 15.4 Å². The van der Waals surface area contributed by atoms with Crippen LogP contribution in [0.15, 0.2) is 22.7 Å². The van der Waals surface area contributed by atoms with Crippen molar-refractivity contribution in [3.63, 3.8) is 0 Å². The molecule has 112 valence electrons. The molecule has 0 aliphatic carbocycles. The van der Waals surface area contributed by atoms with Crippen molar-refractivity contribution in [2.24, 2.45) is 0 Å². The Balaban J connectivity index is 2.66. The molecule has 0 radical (unpaired) electrons. The van der Waals surface area contributed by atoms with Crippen LogP contribution in [0.1, 0.15) is 33.3 Å². The summed E-state index contributed by atoms with van der Waals surface area (Å²) in [7, 11) is 0. The van der Waals surface area contributed by atoms with Crippen molar-refractivity contribution in [1.29, 1.82) is 0 Å². The van der Waals surface area contributed by atoms with Crippen molar-refractivity contribution in [2.75, 3.05) is 6.54 Å². The van der Waals surface area contributed by atoms with E-state index in [2.05, 4.69) is 40.4 Å². The van der Waals surface area contributed by atoms with E-state index < -0.39 is 6.10 Å². The molecule has 0 bridgehead atoms. The van der Waals surface area contributed by atoms with E-state index in [4.69, 9.17) is 4.74 Å². The van der Waals surface area contributed by atoms with Crippen LogP contribution in [0.4, 0.5) is 0 Å². The lowest BCUT2D eigenvalue weighted by Crippen LogP contribution is -2.36. The maximum atomic E-state index is 11.6. The summed E-state index contributed by atoms with van der Waals surface area (Å²) in [6, 6.07) is 6.34. The van der Waals surface area contributed by atoms with Crippen LogP contribution in [0.25, 0.3) is 0 Å². The molecule has 0 saturated heterocycles. The maximum absolute atomic E-state index is 11.6. The number of amides is 1. The molecule has 0 heterocycles. The van der Waals surface area contributed by atoms with Crippen LogP contribution < -0.4 is 15.4 Å². The van der Waals surface area contributed by atoms with Gasteiger partial charge in [0.1, 0.15) is 5.75 Å². The first-order valence-electron chi connectivity index (χ1n) is 6.90. The fraction of sp³-hybridized carbons (Fsp3) is 0.533. The van der Waals surface area contributed by atoms with Crippen LogP contribution in [-0.2, 0) is 11.3 Å². The second kappa shape index (κ2) is 8.27. The van der Waals surface area contributed by atoms with Gasteiger partial charge in [-0.3, -0.25) is 4.79 Å². The van der Waals surface area contributed by atoms with E-state index in [1.54, 1.807) is 6.92 Å². The highest BCUT2D eigenvalue weighted by Crippen LogP contribution is 2.27. The lowest BCUT2D eigenvalue weighted by atomic mass is 10.2. The van der Waals surface area contributed by atoms with Crippen molar-refractivity contribution >= 4 is 21.8 Å². The normalized spacial score (nSPS) is 12.3. The van der Waals surface area contributed by atoms with E-state index in [1.807, 2.05) is 25.1 Å². The second-order valence-corrected chi connectivity index (χ2v) is 5.81. The molecule has 0 saturated carbocycles. The number of carbonyl (C=O) groups is 1. The predicted molar refractivity (Wildman–Crippen MR) is 84.9 cm³/mol. The third kappa shape index (κ3) is 5.51. The molecular formula is C15H23BrN2O2. The van der Waals surface area contributed by atoms with Crippen molar-refractivity contribution in [3.05, 3.63) is 28.2 Å². The monoisotopic (exact) mass is 342 g/mol. The number of rotatable bonds is 7. The Morgan fingerprint density at radius 2 is 2.05 bits per heavy atom. The first-order chi connectivity index (χ1) is 9.43. The van der Waals surface area contributed by atoms with E-state index in [0.717, 1.165) is 11.0 Å². The fourth-order valence-electron chi connectivity index (χ4n) is 1.63. The third-order valence-corrected chi connectivity index (χ3v) is 3.35. The highest BCUT2D eigenvalue weighted by molar-refractivity contribution is 9.10. The molecule has 4 nitrogen and oxygen atoms in total. The molecule has 2 N–H and O–H groups in total. The average molecular weight is 343 g/mol. The maximum Gasteiger partial charge on any atom is 0.260 e. The Labute approximate surface area is 129 Å². The van der Waals surface area contributed by atoms with Crippen LogP contribution >= 0.6 is 15.9 Å². The van der Waals surface area contributed by atoms with E-state index in [1.165, 1.54) is 5.56 Å². The molecule has 1 amide bonds. The molecule has 0 aromatic heterocycles. The SMILES string of the molecule is CCNC(=O)C(C)Oc1ccc(CNC(C)C)cc1Br. The molecule has 5 heteroatoms. The zero-order valence-corrected chi connectivity index (χ0v) is 14.1. The number of likely N-dealkylation sites (N-methyl/N-ethyl adjacent to an activating group) is 1. The Bertz CT molecular complexity index is 449. The van der Waals surface area contributed by atoms with Gasteiger partial charge in [-0.2, -0.15) is 0 Å². The minimum Gasteiger partial charge on any atom is -0.480 e. The Kier molecular flexibility index (Phi) is 7.02.